The maximum absolute atomic E-state index is 11.9. The van der Waals surface area contributed by atoms with E-state index in [1.54, 1.807) is 36.0 Å². The number of hydrogen-bond donors (Lipinski definition) is 0. The first-order valence-electron chi connectivity index (χ1n) is 6.63. The van der Waals surface area contributed by atoms with Crippen molar-refractivity contribution in [3.05, 3.63) is 34.5 Å². The summed E-state index contributed by atoms with van der Waals surface area (Å²) in [6, 6.07) is 4.96. The van der Waals surface area contributed by atoms with Crippen LogP contribution in [0.2, 0.25) is 5.02 Å². The van der Waals surface area contributed by atoms with E-state index in [9.17, 15) is 9.59 Å². The Morgan fingerprint density at radius 2 is 2.27 bits per heavy atom. The Labute approximate surface area is 142 Å². The number of nitrogens with zero attached hydrogens (tertiary/aromatic N) is 1. The first-order chi connectivity index (χ1) is 10.5. The predicted octanol–water partition coefficient (Wildman–Crippen LogP) is 4.38. The Morgan fingerprint density at radius 3 is 2.91 bits per heavy atom. The van der Waals surface area contributed by atoms with Crippen LogP contribution in [0.5, 0.6) is 5.75 Å². The van der Waals surface area contributed by atoms with Crippen molar-refractivity contribution in [1.82, 2.24) is 0 Å². The summed E-state index contributed by atoms with van der Waals surface area (Å²) in [6.45, 7) is 3.39. The van der Waals surface area contributed by atoms with Gasteiger partial charge in [-0.05, 0) is 47.7 Å². The Bertz CT molecular complexity index is 671. The van der Waals surface area contributed by atoms with Crippen molar-refractivity contribution in [3.63, 3.8) is 0 Å². The quantitative estimate of drug-likeness (QED) is 0.455. The molecule has 2 rings (SSSR count). The van der Waals surface area contributed by atoms with Gasteiger partial charge in [0, 0.05) is 6.92 Å². The van der Waals surface area contributed by atoms with Crippen LogP contribution < -0.4 is 4.74 Å². The largest absolute Gasteiger partial charge is 0.425 e. The molecule has 0 radical (unpaired) electrons. The number of carbonyl (C=O) groups excluding carboxylic acids is 2. The second kappa shape index (κ2) is 7.85. The van der Waals surface area contributed by atoms with Crippen molar-refractivity contribution < 1.29 is 14.3 Å². The van der Waals surface area contributed by atoms with E-state index in [0.717, 1.165) is 33.9 Å². The monoisotopic (exact) mass is 355 g/mol. The molecule has 0 fully saturated rings. The molecule has 0 unspecified atom stereocenters. The zero-order valence-corrected chi connectivity index (χ0v) is 14.5. The fourth-order valence-corrected chi connectivity index (χ4v) is 3.64. The van der Waals surface area contributed by atoms with Crippen LogP contribution in [0, 0.1) is 0 Å². The average Bonchev–Trinajstić information content (AvgIpc) is 2.79. The summed E-state index contributed by atoms with van der Waals surface area (Å²) >= 11 is 8.79. The molecular weight excluding hydrogens is 342 g/mol. The van der Waals surface area contributed by atoms with Gasteiger partial charge in [-0.2, -0.15) is 0 Å². The highest BCUT2D eigenvalue weighted by Crippen LogP contribution is 2.32. The van der Waals surface area contributed by atoms with E-state index in [1.165, 1.54) is 6.92 Å². The molecule has 1 aliphatic rings. The lowest BCUT2D eigenvalue weighted by Crippen LogP contribution is -2.01. The van der Waals surface area contributed by atoms with E-state index >= 15 is 0 Å². The highest BCUT2D eigenvalue weighted by atomic mass is 35.5. The zero-order chi connectivity index (χ0) is 16.1. The molecule has 4 nitrogen and oxygen atoms in total. The van der Waals surface area contributed by atoms with Crippen LogP contribution in [0.25, 0.3) is 6.08 Å². The Hall–Kier alpha value is -1.24. The van der Waals surface area contributed by atoms with Gasteiger partial charge in [0.1, 0.15) is 15.8 Å². The van der Waals surface area contributed by atoms with Crippen molar-refractivity contribution in [2.24, 2.45) is 4.99 Å². The number of ether oxygens (including phenoxy) is 1. The molecule has 1 heterocycles. The highest BCUT2D eigenvalue weighted by molar-refractivity contribution is 8.45. The fraction of sp³-hybridized carbons (Fsp3) is 0.267. The summed E-state index contributed by atoms with van der Waals surface area (Å²) < 4.78 is 5.74. The molecule has 1 aromatic carbocycles. The summed E-state index contributed by atoms with van der Waals surface area (Å²) in [6.07, 6.45) is 2.71. The first kappa shape index (κ1) is 17.1. The van der Waals surface area contributed by atoms with Crippen LogP contribution in [0.1, 0.15) is 25.8 Å². The highest BCUT2D eigenvalue weighted by Gasteiger charge is 2.22. The van der Waals surface area contributed by atoms with Crippen LogP contribution in [-0.4, -0.2) is 21.2 Å². The number of halogens is 1. The average molecular weight is 356 g/mol. The number of aliphatic imine (C=N–C) groups is 1. The predicted molar refractivity (Wildman–Crippen MR) is 93.5 cm³/mol. The van der Waals surface area contributed by atoms with Gasteiger partial charge < -0.3 is 4.74 Å². The van der Waals surface area contributed by atoms with Crippen molar-refractivity contribution in [1.29, 1.82) is 0 Å². The van der Waals surface area contributed by atoms with Gasteiger partial charge in [-0.25, -0.2) is 4.99 Å². The first-order valence-corrected chi connectivity index (χ1v) is 8.81. The molecule has 0 saturated heterocycles. The number of carbonyl (C=O) groups is 2. The van der Waals surface area contributed by atoms with Crippen LogP contribution in [0.15, 0.2) is 28.9 Å². The maximum Gasteiger partial charge on any atom is 0.308 e. The molecule has 7 heteroatoms. The smallest absolute Gasteiger partial charge is 0.308 e. The Balaban J connectivity index is 2.18. The second-order valence-electron chi connectivity index (χ2n) is 4.43. The number of thioether (sulfide) groups is 2. The molecule has 0 amide bonds. The van der Waals surface area contributed by atoms with Crippen molar-refractivity contribution >= 4 is 56.7 Å². The third-order valence-electron chi connectivity index (χ3n) is 2.54. The molecule has 0 saturated carbocycles. The van der Waals surface area contributed by atoms with Gasteiger partial charge in [0.25, 0.3) is 0 Å². The molecule has 116 valence electrons. The van der Waals surface area contributed by atoms with Gasteiger partial charge in [-0.1, -0.05) is 36.4 Å². The minimum Gasteiger partial charge on any atom is -0.425 e. The summed E-state index contributed by atoms with van der Waals surface area (Å²) in [5, 5.41) is 0.242. The Morgan fingerprint density at radius 1 is 1.50 bits per heavy atom. The van der Waals surface area contributed by atoms with E-state index in [-0.39, 0.29) is 5.12 Å². The minimum absolute atomic E-state index is 0.0706. The second-order valence-corrected chi connectivity index (χ2v) is 7.14. The summed E-state index contributed by atoms with van der Waals surface area (Å²) in [4.78, 5) is 27.2. The third-order valence-corrected chi connectivity index (χ3v) is 5.05. The van der Waals surface area contributed by atoms with Gasteiger partial charge in [-0.15, -0.1) is 0 Å². The molecule has 0 N–H and O–H groups in total. The maximum atomic E-state index is 11.9. The van der Waals surface area contributed by atoms with E-state index in [2.05, 4.69) is 11.9 Å². The van der Waals surface area contributed by atoms with Crippen molar-refractivity contribution in [3.8, 4) is 5.75 Å². The molecule has 0 aromatic heterocycles. The minimum atomic E-state index is -0.433. The molecule has 0 aliphatic carbocycles. The molecule has 22 heavy (non-hydrogen) atoms. The SMILES string of the molecule is CCCSC1=NC(=Cc2ccc(OC(C)=O)c(Cl)c2)C(=O)S1. The lowest BCUT2D eigenvalue weighted by atomic mass is 10.2. The van der Waals surface area contributed by atoms with Gasteiger partial charge in [0.05, 0.1) is 5.02 Å². The standard InChI is InChI=1S/C15H14ClNO3S2/c1-3-6-21-15-17-12(14(19)22-15)8-10-4-5-13(11(16)7-10)20-9(2)18/h4-5,7-8H,3,6H2,1-2H3. The van der Waals surface area contributed by atoms with Crippen LogP contribution in [-0.2, 0) is 9.59 Å². The van der Waals surface area contributed by atoms with E-state index < -0.39 is 5.97 Å². The van der Waals surface area contributed by atoms with Gasteiger partial charge in [-0.3, -0.25) is 9.59 Å². The van der Waals surface area contributed by atoms with Crippen LogP contribution in [0.4, 0.5) is 0 Å². The van der Waals surface area contributed by atoms with Gasteiger partial charge in [0.15, 0.2) is 0 Å². The van der Waals surface area contributed by atoms with E-state index in [1.807, 2.05) is 0 Å². The molecule has 0 atom stereocenters. The summed E-state index contributed by atoms with van der Waals surface area (Å²) in [7, 11) is 0. The number of esters is 1. The topological polar surface area (TPSA) is 55.7 Å². The molecule has 0 spiro atoms. The lowest BCUT2D eigenvalue weighted by Gasteiger charge is -2.04. The lowest BCUT2D eigenvalue weighted by molar-refractivity contribution is -0.131. The summed E-state index contributed by atoms with van der Waals surface area (Å²) in [5.41, 5.74) is 1.13. The number of hydrogen-bond acceptors (Lipinski definition) is 6. The van der Waals surface area contributed by atoms with Crippen molar-refractivity contribution in [2.75, 3.05) is 5.75 Å². The van der Waals surface area contributed by atoms with E-state index in [0.29, 0.717) is 16.5 Å². The normalized spacial score (nSPS) is 16.0. The van der Waals surface area contributed by atoms with Crippen molar-refractivity contribution in [2.45, 2.75) is 20.3 Å². The molecule has 0 bridgehead atoms. The van der Waals surface area contributed by atoms with E-state index in [4.69, 9.17) is 16.3 Å². The van der Waals surface area contributed by atoms with Gasteiger partial charge >= 0.3 is 5.97 Å². The number of rotatable bonds is 4. The number of benzene rings is 1. The van der Waals surface area contributed by atoms with Gasteiger partial charge in [0.2, 0.25) is 5.12 Å². The Kier molecular flexibility index (Phi) is 6.11. The zero-order valence-electron chi connectivity index (χ0n) is 12.1. The summed E-state index contributed by atoms with van der Waals surface area (Å²) in [5.74, 6) is 0.804. The van der Waals surface area contributed by atoms with Crippen LogP contribution >= 0.6 is 35.1 Å². The molecule has 1 aromatic rings. The molecular formula is C15H14ClNO3S2. The van der Waals surface area contributed by atoms with Crippen LogP contribution in [0.3, 0.4) is 0 Å². The third kappa shape index (κ3) is 4.63. The molecule has 1 aliphatic heterocycles. The fourth-order valence-electron chi connectivity index (χ4n) is 1.64.